The van der Waals surface area contributed by atoms with Crippen LogP contribution < -0.4 is 0 Å². The van der Waals surface area contributed by atoms with Gasteiger partial charge in [0.15, 0.2) is 0 Å². The molecule has 0 unspecified atom stereocenters. The lowest BCUT2D eigenvalue weighted by Crippen LogP contribution is -2.38. The highest BCUT2D eigenvalue weighted by atomic mass is 16.7. The van der Waals surface area contributed by atoms with Crippen molar-refractivity contribution in [2.24, 2.45) is 0 Å². The molecule has 0 aromatic rings. The molecule has 0 fully saturated rings. The minimum atomic E-state index is -0.925. The Hall–Kier alpha value is -1.21. The van der Waals surface area contributed by atoms with Gasteiger partial charge in [0.25, 0.3) is 0 Å². The topological polar surface area (TPSA) is 85.2 Å². The number of aliphatic hydroxyl groups excluding tert-OH is 1. The van der Waals surface area contributed by atoms with Crippen LogP contribution in [0.4, 0.5) is 0 Å². The number of carbonyl (C=O) groups is 1. The van der Waals surface area contributed by atoms with Crippen LogP contribution in [0.15, 0.2) is 24.3 Å². The minimum absolute atomic E-state index is 0.0916. The summed E-state index contributed by atoms with van der Waals surface area (Å²) in [5, 5.41) is 18.1. The molecule has 0 saturated heterocycles. The molecule has 0 radical (unpaired) electrons. The predicted molar refractivity (Wildman–Crippen MR) is 81.5 cm³/mol. The maximum Gasteiger partial charge on any atom is 0.306 e. The number of hydrogen-bond acceptors (Lipinski definition) is 5. The number of methoxy groups -OCH3 is 1. The number of ether oxygens (including phenoxy) is 3. The van der Waals surface area contributed by atoms with Crippen LogP contribution in [0.3, 0.4) is 0 Å². The Labute approximate surface area is 131 Å². The normalized spacial score (nSPS) is 26.4. The first kappa shape index (κ1) is 18.8. The smallest absolute Gasteiger partial charge is 0.306 e. The molecule has 6 heteroatoms. The Bertz CT molecular complexity index is 377. The van der Waals surface area contributed by atoms with Crippen molar-refractivity contribution in [3.05, 3.63) is 24.3 Å². The lowest BCUT2D eigenvalue weighted by atomic mass is 10.0. The van der Waals surface area contributed by atoms with Gasteiger partial charge in [-0.25, -0.2) is 0 Å². The van der Waals surface area contributed by atoms with E-state index in [-0.39, 0.29) is 25.4 Å². The Morgan fingerprint density at radius 3 is 2.86 bits per heavy atom. The summed E-state index contributed by atoms with van der Waals surface area (Å²) in [7, 11) is 1.51. The van der Waals surface area contributed by atoms with E-state index in [9.17, 15) is 9.90 Å². The van der Waals surface area contributed by atoms with Gasteiger partial charge in [0.2, 0.25) is 0 Å². The van der Waals surface area contributed by atoms with E-state index in [0.717, 1.165) is 19.3 Å². The number of allylic oxidation sites excluding steroid dienone is 1. The summed E-state index contributed by atoms with van der Waals surface area (Å²) in [6, 6.07) is 0. The highest BCUT2D eigenvalue weighted by Gasteiger charge is 2.29. The lowest BCUT2D eigenvalue weighted by molar-refractivity contribution is -0.151. The number of unbranched alkanes of at least 4 members (excludes halogenated alkanes) is 1. The van der Waals surface area contributed by atoms with E-state index in [1.54, 1.807) is 6.92 Å². The molecule has 1 heterocycles. The molecular weight excluding hydrogens is 288 g/mol. The third kappa shape index (κ3) is 7.70. The van der Waals surface area contributed by atoms with Crippen LogP contribution in [0, 0.1) is 0 Å². The number of aliphatic carboxylic acids is 1. The van der Waals surface area contributed by atoms with Crippen LogP contribution in [0.25, 0.3) is 0 Å². The first-order valence-electron chi connectivity index (χ1n) is 7.53. The first-order chi connectivity index (χ1) is 10.5. The second kappa shape index (κ2) is 10.5. The van der Waals surface area contributed by atoms with Crippen molar-refractivity contribution in [1.82, 2.24) is 0 Å². The molecule has 0 amide bonds. The molecule has 0 bridgehead atoms. The summed E-state index contributed by atoms with van der Waals surface area (Å²) < 4.78 is 16.0. The Balaban J connectivity index is 2.49. The Morgan fingerprint density at radius 1 is 1.45 bits per heavy atom. The number of carboxylic acids is 1. The molecule has 0 spiro atoms. The van der Waals surface area contributed by atoms with Crippen molar-refractivity contribution in [1.29, 1.82) is 0 Å². The average molecular weight is 314 g/mol. The summed E-state index contributed by atoms with van der Waals surface area (Å²) in [5.74, 6) is -0.925. The molecule has 1 aliphatic rings. The van der Waals surface area contributed by atoms with Crippen LogP contribution in [0.2, 0.25) is 0 Å². The Morgan fingerprint density at radius 2 is 2.23 bits per heavy atom. The minimum Gasteiger partial charge on any atom is -0.481 e. The molecule has 0 aromatic carbocycles. The summed E-state index contributed by atoms with van der Waals surface area (Å²) >= 11 is 0. The van der Waals surface area contributed by atoms with E-state index in [0.29, 0.717) is 0 Å². The molecule has 1 aliphatic heterocycles. The van der Waals surface area contributed by atoms with E-state index in [4.69, 9.17) is 19.3 Å². The molecule has 1 rings (SSSR count). The zero-order valence-electron chi connectivity index (χ0n) is 13.2. The lowest BCUT2D eigenvalue weighted by Gasteiger charge is -2.30. The third-order valence-electron chi connectivity index (χ3n) is 3.26. The van der Waals surface area contributed by atoms with E-state index in [1.165, 1.54) is 7.11 Å². The monoisotopic (exact) mass is 314 g/mol. The summed E-state index contributed by atoms with van der Waals surface area (Å²) in [6.45, 7) is 1.86. The maximum atomic E-state index is 10.9. The number of rotatable bonds is 10. The van der Waals surface area contributed by atoms with Gasteiger partial charge in [-0.2, -0.15) is 0 Å². The maximum absolute atomic E-state index is 10.9. The van der Waals surface area contributed by atoms with Gasteiger partial charge in [-0.05, 0) is 26.2 Å². The fourth-order valence-corrected chi connectivity index (χ4v) is 2.18. The first-order valence-corrected chi connectivity index (χ1v) is 7.53. The SMILES string of the molecule is COCO[C@H]1C=C[C@H](/C=C/CCC[C@H](C)O)O[C@H]1CC(=O)O. The molecule has 0 aromatic heterocycles. The molecule has 4 atom stereocenters. The number of carboxylic acid groups (broad SMARTS) is 1. The third-order valence-corrected chi connectivity index (χ3v) is 3.26. The van der Waals surface area contributed by atoms with Gasteiger partial charge in [0.1, 0.15) is 12.9 Å². The van der Waals surface area contributed by atoms with Crippen molar-refractivity contribution in [2.45, 2.75) is 57.0 Å². The summed E-state index contributed by atoms with van der Waals surface area (Å²) in [6.07, 6.45) is 8.48. The highest BCUT2D eigenvalue weighted by molar-refractivity contribution is 5.67. The fourth-order valence-electron chi connectivity index (χ4n) is 2.18. The van der Waals surface area contributed by atoms with Crippen molar-refractivity contribution >= 4 is 5.97 Å². The number of hydrogen-bond donors (Lipinski definition) is 2. The largest absolute Gasteiger partial charge is 0.481 e. The summed E-state index contributed by atoms with van der Waals surface area (Å²) in [4.78, 5) is 10.9. The van der Waals surface area contributed by atoms with Crippen molar-refractivity contribution in [3.63, 3.8) is 0 Å². The van der Waals surface area contributed by atoms with Crippen LogP contribution in [0.1, 0.15) is 32.6 Å². The quantitative estimate of drug-likeness (QED) is 0.364. The zero-order chi connectivity index (χ0) is 16.4. The van der Waals surface area contributed by atoms with Gasteiger partial charge in [-0.15, -0.1) is 0 Å². The molecule has 0 aliphatic carbocycles. The van der Waals surface area contributed by atoms with Gasteiger partial charge in [-0.3, -0.25) is 4.79 Å². The van der Waals surface area contributed by atoms with E-state index in [1.807, 2.05) is 24.3 Å². The van der Waals surface area contributed by atoms with E-state index < -0.39 is 18.2 Å². The van der Waals surface area contributed by atoms with Crippen LogP contribution in [-0.2, 0) is 19.0 Å². The van der Waals surface area contributed by atoms with Gasteiger partial charge >= 0.3 is 5.97 Å². The van der Waals surface area contributed by atoms with E-state index >= 15 is 0 Å². The molecule has 126 valence electrons. The van der Waals surface area contributed by atoms with E-state index in [2.05, 4.69) is 0 Å². The number of aliphatic hydroxyl groups is 1. The molecule has 2 N–H and O–H groups in total. The summed E-state index contributed by atoms with van der Waals surface area (Å²) in [5.41, 5.74) is 0. The Kier molecular flexibility index (Phi) is 9.00. The van der Waals surface area contributed by atoms with Crippen LogP contribution >= 0.6 is 0 Å². The fraction of sp³-hybridized carbons (Fsp3) is 0.688. The van der Waals surface area contributed by atoms with Gasteiger partial charge in [0.05, 0.1) is 24.7 Å². The zero-order valence-corrected chi connectivity index (χ0v) is 13.2. The second-order valence-electron chi connectivity index (χ2n) is 5.37. The second-order valence-corrected chi connectivity index (χ2v) is 5.37. The van der Waals surface area contributed by atoms with Gasteiger partial charge in [-0.1, -0.05) is 24.3 Å². The van der Waals surface area contributed by atoms with Crippen molar-refractivity contribution < 1.29 is 29.2 Å². The standard InChI is InChI=1S/C16H26O6/c1-12(17)6-4-3-5-7-13-8-9-14(21-11-20-2)15(22-13)10-16(18)19/h5,7-9,12-15,17H,3-4,6,10-11H2,1-2H3,(H,18,19)/b7-5+/t12-,13-,14-,15-/m0/s1. The molecular formula is C16H26O6. The van der Waals surface area contributed by atoms with Crippen LogP contribution in [-0.4, -0.2) is 54.5 Å². The van der Waals surface area contributed by atoms with Gasteiger partial charge < -0.3 is 24.4 Å². The predicted octanol–water partition coefficient (Wildman–Crippen LogP) is 1.88. The van der Waals surface area contributed by atoms with Crippen molar-refractivity contribution in [3.8, 4) is 0 Å². The van der Waals surface area contributed by atoms with Crippen LogP contribution in [0.5, 0.6) is 0 Å². The molecule has 22 heavy (non-hydrogen) atoms. The van der Waals surface area contributed by atoms with Crippen molar-refractivity contribution in [2.75, 3.05) is 13.9 Å². The molecule has 6 nitrogen and oxygen atoms in total. The molecule has 0 saturated carbocycles. The highest BCUT2D eigenvalue weighted by Crippen LogP contribution is 2.20. The van der Waals surface area contributed by atoms with Gasteiger partial charge in [0, 0.05) is 7.11 Å². The average Bonchev–Trinajstić information content (AvgIpc) is 2.45.